The van der Waals surface area contributed by atoms with Gasteiger partial charge in [-0.3, -0.25) is 9.36 Å². The van der Waals surface area contributed by atoms with Gasteiger partial charge < -0.3 is 14.6 Å². The fraction of sp³-hybridized carbons (Fsp3) is 0.231. The van der Waals surface area contributed by atoms with Crippen LogP contribution in [-0.4, -0.2) is 34.8 Å². The van der Waals surface area contributed by atoms with Gasteiger partial charge in [0, 0.05) is 0 Å². The summed E-state index contributed by atoms with van der Waals surface area (Å²) in [4.78, 5) is 42.6. The second-order valence-electron chi connectivity index (χ2n) is 7.73. The fourth-order valence-electron chi connectivity index (χ4n) is 3.89. The van der Waals surface area contributed by atoms with Crippen molar-refractivity contribution in [3.05, 3.63) is 96.2 Å². The molecule has 0 aliphatic carbocycles. The minimum Gasteiger partial charge on any atom is -0.494 e. The molecule has 3 aromatic rings. The van der Waals surface area contributed by atoms with E-state index in [-0.39, 0.29) is 17.7 Å². The van der Waals surface area contributed by atoms with E-state index in [2.05, 4.69) is 4.99 Å². The number of benzene rings is 2. The lowest BCUT2D eigenvalue weighted by atomic mass is 9.96. The minimum absolute atomic E-state index is 0.161. The number of aromatic nitrogens is 1. The minimum atomic E-state index is -1.02. The van der Waals surface area contributed by atoms with Gasteiger partial charge in [-0.05, 0) is 62.2 Å². The Morgan fingerprint density at radius 3 is 2.37 bits per heavy atom. The third kappa shape index (κ3) is 4.81. The van der Waals surface area contributed by atoms with Crippen molar-refractivity contribution in [3.63, 3.8) is 0 Å². The molecule has 1 aliphatic heterocycles. The number of fused-ring (bicyclic) bond motifs is 1. The van der Waals surface area contributed by atoms with Gasteiger partial charge in [-0.1, -0.05) is 35.6 Å². The summed E-state index contributed by atoms with van der Waals surface area (Å²) in [6, 6.07) is 12.8. The average molecular weight is 493 g/mol. The quantitative estimate of drug-likeness (QED) is 0.509. The lowest BCUT2D eigenvalue weighted by molar-refractivity contribution is -0.139. The van der Waals surface area contributed by atoms with Crippen molar-refractivity contribution in [1.82, 2.24) is 4.57 Å². The highest BCUT2D eigenvalue weighted by Crippen LogP contribution is 2.31. The largest absolute Gasteiger partial charge is 0.494 e. The second kappa shape index (κ2) is 10.1. The van der Waals surface area contributed by atoms with Crippen LogP contribution in [0, 0.1) is 0 Å². The highest BCUT2D eigenvalue weighted by atomic mass is 32.1. The summed E-state index contributed by atoms with van der Waals surface area (Å²) in [5, 5.41) is 9.11. The van der Waals surface area contributed by atoms with Crippen LogP contribution in [0.25, 0.3) is 6.08 Å². The lowest BCUT2D eigenvalue weighted by Gasteiger charge is -2.24. The fourth-order valence-corrected chi connectivity index (χ4v) is 4.94. The molecule has 1 aromatic heterocycles. The van der Waals surface area contributed by atoms with E-state index in [9.17, 15) is 14.4 Å². The first-order valence-electron chi connectivity index (χ1n) is 11.1. The average Bonchev–Trinajstić information content (AvgIpc) is 3.13. The van der Waals surface area contributed by atoms with Crippen LogP contribution in [0.5, 0.6) is 5.75 Å². The summed E-state index contributed by atoms with van der Waals surface area (Å²) in [7, 11) is 0. The molecule has 2 heterocycles. The number of carboxylic acids is 1. The molecular formula is C26H24N2O6S. The van der Waals surface area contributed by atoms with Crippen molar-refractivity contribution >= 4 is 29.4 Å². The Morgan fingerprint density at radius 2 is 1.77 bits per heavy atom. The molecule has 0 bridgehead atoms. The normalized spacial score (nSPS) is 15.4. The highest BCUT2D eigenvalue weighted by molar-refractivity contribution is 7.07. The number of nitrogens with zero attached hydrogens (tertiary/aromatic N) is 2. The van der Waals surface area contributed by atoms with Crippen LogP contribution >= 0.6 is 11.3 Å². The van der Waals surface area contributed by atoms with Gasteiger partial charge in [-0.15, -0.1) is 0 Å². The Bertz CT molecular complexity index is 1480. The van der Waals surface area contributed by atoms with Crippen molar-refractivity contribution in [1.29, 1.82) is 0 Å². The van der Waals surface area contributed by atoms with E-state index in [0.717, 1.165) is 5.56 Å². The molecule has 0 amide bonds. The summed E-state index contributed by atoms with van der Waals surface area (Å²) in [6.07, 6.45) is 1.69. The van der Waals surface area contributed by atoms with Crippen molar-refractivity contribution in [3.8, 4) is 5.75 Å². The molecule has 9 heteroatoms. The first kappa shape index (κ1) is 24.2. The molecule has 180 valence electrons. The molecule has 1 N–H and O–H groups in total. The number of aromatic carboxylic acids is 1. The number of esters is 1. The monoisotopic (exact) mass is 492 g/mol. The molecule has 0 spiro atoms. The van der Waals surface area contributed by atoms with Gasteiger partial charge in [0.1, 0.15) is 5.75 Å². The zero-order valence-electron chi connectivity index (χ0n) is 19.5. The van der Waals surface area contributed by atoms with Crippen LogP contribution in [0.3, 0.4) is 0 Å². The standard InChI is InChI=1S/C26H24N2O6S/c1-4-33-19-12-10-17(11-13-19)22-21(25(32)34-5-2)15(3)27-26-28(22)23(29)20(35-26)14-16-6-8-18(9-7-16)24(30)31/h6-14,22H,4-5H2,1-3H3,(H,30,31)/b20-14+/t22-/m0/s1. The first-order valence-corrected chi connectivity index (χ1v) is 11.9. The Morgan fingerprint density at radius 1 is 1.09 bits per heavy atom. The van der Waals surface area contributed by atoms with Crippen molar-refractivity contribution < 1.29 is 24.2 Å². The molecule has 0 saturated carbocycles. The third-order valence-electron chi connectivity index (χ3n) is 5.48. The summed E-state index contributed by atoms with van der Waals surface area (Å²) in [5.74, 6) is -0.855. The Hall–Kier alpha value is -3.98. The molecule has 1 atom stereocenters. The number of ether oxygens (including phenoxy) is 2. The first-order chi connectivity index (χ1) is 16.8. The maximum absolute atomic E-state index is 13.6. The van der Waals surface area contributed by atoms with E-state index >= 15 is 0 Å². The molecule has 35 heavy (non-hydrogen) atoms. The van der Waals surface area contributed by atoms with Gasteiger partial charge in [-0.2, -0.15) is 0 Å². The van der Waals surface area contributed by atoms with Crippen LogP contribution in [-0.2, 0) is 9.53 Å². The smallest absolute Gasteiger partial charge is 0.338 e. The summed E-state index contributed by atoms with van der Waals surface area (Å²) in [6.45, 7) is 6.07. The Labute approximate surface area is 205 Å². The van der Waals surface area contributed by atoms with Gasteiger partial charge in [0.25, 0.3) is 5.56 Å². The van der Waals surface area contributed by atoms with Crippen LogP contribution in [0.1, 0.15) is 48.3 Å². The molecule has 2 aromatic carbocycles. The highest BCUT2D eigenvalue weighted by Gasteiger charge is 2.33. The number of carbonyl (C=O) groups excluding carboxylic acids is 1. The molecule has 1 aliphatic rings. The third-order valence-corrected chi connectivity index (χ3v) is 6.46. The van der Waals surface area contributed by atoms with Crippen LogP contribution in [0.15, 0.2) is 69.6 Å². The predicted octanol–water partition coefficient (Wildman–Crippen LogP) is 2.90. The number of hydrogen-bond acceptors (Lipinski definition) is 7. The molecule has 8 nitrogen and oxygen atoms in total. The van der Waals surface area contributed by atoms with E-state index in [0.29, 0.717) is 38.5 Å². The van der Waals surface area contributed by atoms with Gasteiger partial charge in [-0.25, -0.2) is 14.6 Å². The van der Waals surface area contributed by atoms with Crippen LogP contribution in [0.2, 0.25) is 0 Å². The number of carboxylic acid groups (broad SMARTS) is 1. The Kier molecular flexibility index (Phi) is 6.97. The van der Waals surface area contributed by atoms with Crippen molar-refractivity contribution in [2.45, 2.75) is 26.8 Å². The van der Waals surface area contributed by atoms with Crippen molar-refractivity contribution in [2.75, 3.05) is 13.2 Å². The van der Waals surface area contributed by atoms with E-state index in [1.54, 1.807) is 44.2 Å². The van der Waals surface area contributed by atoms with Gasteiger partial charge in [0.2, 0.25) is 0 Å². The molecule has 0 unspecified atom stereocenters. The maximum atomic E-state index is 13.6. The summed E-state index contributed by atoms with van der Waals surface area (Å²) >= 11 is 1.21. The van der Waals surface area contributed by atoms with Gasteiger partial charge in [0.15, 0.2) is 4.80 Å². The van der Waals surface area contributed by atoms with E-state index in [1.807, 2.05) is 19.1 Å². The van der Waals surface area contributed by atoms with Gasteiger partial charge >= 0.3 is 11.9 Å². The van der Waals surface area contributed by atoms with E-state index in [4.69, 9.17) is 14.6 Å². The van der Waals surface area contributed by atoms with Crippen LogP contribution < -0.4 is 19.6 Å². The number of thiazole rings is 1. The second-order valence-corrected chi connectivity index (χ2v) is 8.74. The Balaban J connectivity index is 1.88. The van der Waals surface area contributed by atoms with Crippen LogP contribution in [0.4, 0.5) is 0 Å². The predicted molar refractivity (Wildman–Crippen MR) is 131 cm³/mol. The molecule has 0 radical (unpaired) electrons. The number of allylic oxidation sites excluding steroid dienone is 1. The zero-order chi connectivity index (χ0) is 25.1. The maximum Gasteiger partial charge on any atom is 0.338 e. The molecule has 4 rings (SSSR count). The van der Waals surface area contributed by atoms with E-state index in [1.165, 1.54) is 28.0 Å². The SMILES string of the molecule is CCOC(=O)C1=C(C)N=c2s/c(=C/c3ccc(C(=O)O)cc3)c(=O)n2[C@H]1c1ccc(OCC)cc1. The molecule has 0 saturated heterocycles. The summed E-state index contributed by atoms with van der Waals surface area (Å²) < 4.78 is 12.8. The summed E-state index contributed by atoms with van der Waals surface area (Å²) in [5.41, 5.74) is 2.06. The molecular weight excluding hydrogens is 468 g/mol. The topological polar surface area (TPSA) is 107 Å². The van der Waals surface area contributed by atoms with Crippen molar-refractivity contribution in [2.24, 2.45) is 4.99 Å². The number of hydrogen-bond donors (Lipinski definition) is 1. The lowest BCUT2D eigenvalue weighted by Crippen LogP contribution is -2.39. The van der Waals surface area contributed by atoms with E-state index < -0.39 is 18.0 Å². The molecule has 0 fully saturated rings. The van der Waals surface area contributed by atoms with Gasteiger partial charge in [0.05, 0.1) is 40.6 Å². The number of rotatable bonds is 7. The zero-order valence-corrected chi connectivity index (χ0v) is 20.3. The number of carbonyl (C=O) groups is 2.